The first kappa shape index (κ1) is 13.5. The van der Waals surface area contributed by atoms with E-state index in [0.29, 0.717) is 23.9 Å². The van der Waals surface area contributed by atoms with E-state index in [1.807, 2.05) is 0 Å². The molecule has 2 aliphatic rings. The highest BCUT2D eigenvalue weighted by Crippen LogP contribution is 2.24. The number of hydrogen-bond donors (Lipinski definition) is 1. The van der Waals surface area contributed by atoms with Gasteiger partial charge in [-0.2, -0.15) is 0 Å². The Labute approximate surface area is 122 Å². The predicted octanol–water partition coefficient (Wildman–Crippen LogP) is -0.113. The summed E-state index contributed by atoms with van der Waals surface area (Å²) < 4.78 is 5.30. The van der Waals surface area contributed by atoms with E-state index in [9.17, 15) is 9.59 Å². The van der Waals surface area contributed by atoms with Crippen LogP contribution < -0.4 is 9.80 Å². The number of carbonyl (C=O) groups excluding carboxylic acids is 2. The SMILES string of the molecule is O=C1C[C@H]([NH+]2CCOCC2)C(=O)N1c1cccc(Cl)c1. The Balaban J connectivity index is 1.83. The average molecular weight is 296 g/mol. The molecule has 0 saturated carbocycles. The van der Waals surface area contributed by atoms with Crippen LogP contribution >= 0.6 is 11.6 Å². The van der Waals surface area contributed by atoms with Crippen LogP contribution in [0.5, 0.6) is 0 Å². The summed E-state index contributed by atoms with van der Waals surface area (Å²) in [4.78, 5) is 27.1. The third-order valence-corrected chi connectivity index (χ3v) is 4.08. The smallest absolute Gasteiger partial charge is 0.292 e. The zero-order chi connectivity index (χ0) is 14.1. The Hall–Kier alpha value is -1.43. The number of hydrogen-bond acceptors (Lipinski definition) is 3. The van der Waals surface area contributed by atoms with Crippen LogP contribution in [0, 0.1) is 0 Å². The van der Waals surface area contributed by atoms with Gasteiger partial charge in [-0.25, -0.2) is 4.90 Å². The molecule has 1 aromatic carbocycles. The van der Waals surface area contributed by atoms with Crippen LogP contribution in [0.25, 0.3) is 0 Å². The van der Waals surface area contributed by atoms with Crippen molar-refractivity contribution in [2.24, 2.45) is 0 Å². The van der Waals surface area contributed by atoms with Crippen LogP contribution in [-0.4, -0.2) is 44.2 Å². The quantitative estimate of drug-likeness (QED) is 0.775. The lowest BCUT2D eigenvalue weighted by Gasteiger charge is -2.27. The van der Waals surface area contributed by atoms with E-state index in [1.165, 1.54) is 4.90 Å². The predicted molar refractivity (Wildman–Crippen MR) is 73.9 cm³/mol. The summed E-state index contributed by atoms with van der Waals surface area (Å²) in [5.74, 6) is -0.282. The molecule has 0 bridgehead atoms. The van der Waals surface area contributed by atoms with Gasteiger partial charge in [0.25, 0.3) is 5.91 Å². The second-order valence-corrected chi connectivity index (χ2v) is 5.51. The molecule has 2 amide bonds. The first-order chi connectivity index (χ1) is 9.66. The van der Waals surface area contributed by atoms with Crippen molar-refractivity contribution in [1.29, 1.82) is 0 Å². The molecule has 1 N–H and O–H groups in total. The van der Waals surface area contributed by atoms with Crippen molar-refractivity contribution in [2.75, 3.05) is 31.2 Å². The summed E-state index contributed by atoms with van der Waals surface area (Å²) in [5.41, 5.74) is 0.558. The third kappa shape index (κ3) is 2.44. The van der Waals surface area contributed by atoms with Gasteiger partial charge in [0, 0.05) is 5.02 Å². The second kappa shape index (κ2) is 5.52. The van der Waals surface area contributed by atoms with E-state index in [1.54, 1.807) is 24.3 Å². The maximum atomic E-state index is 12.5. The minimum absolute atomic E-state index is 0.130. The third-order valence-electron chi connectivity index (χ3n) is 3.84. The molecule has 6 heteroatoms. The van der Waals surface area contributed by atoms with Gasteiger partial charge in [-0.3, -0.25) is 9.59 Å². The Kier molecular flexibility index (Phi) is 3.74. The van der Waals surface area contributed by atoms with Gasteiger partial charge < -0.3 is 9.64 Å². The van der Waals surface area contributed by atoms with Gasteiger partial charge in [0.1, 0.15) is 13.1 Å². The van der Waals surface area contributed by atoms with Gasteiger partial charge in [0.15, 0.2) is 6.04 Å². The van der Waals surface area contributed by atoms with Gasteiger partial charge in [-0.1, -0.05) is 17.7 Å². The molecule has 1 aromatic rings. The molecule has 5 nitrogen and oxygen atoms in total. The number of carbonyl (C=O) groups is 2. The zero-order valence-electron chi connectivity index (χ0n) is 11.0. The summed E-state index contributed by atoms with van der Waals surface area (Å²) in [6, 6.07) is 6.56. The Morgan fingerprint density at radius 3 is 2.70 bits per heavy atom. The van der Waals surface area contributed by atoms with Gasteiger partial charge in [0.2, 0.25) is 5.91 Å². The van der Waals surface area contributed by atoms with Crippen molar-refractivity contribution in [3.8, 4) is 0 Å². The standard InChI is InChI=1S/C14H15ClN2O3/c15-10-2-1-3-11(8-10)17-13(18)9-12(14(17)19)16-4-6-20-7-5-16/h1-3,8,12H,4-7,9H2/p+1/t12-/m0/s1. The molecule has 2 fully saturated rings. The molecule has 3 rings (SSSR count). The van der Waals surface area contributed by atoms with E-state index < -0.39 is 0 Å². The number of halogens is 1. The molecule has 0 radical (unpaired) electrons. The van der Waals surface area contributed by atoms with Crippen molar-refractivity contribution in [3.63, 3.8) is 0 Å². The number of amides is 2. The molecule has 2 aliphatic heterocycles. The Morgan fingerprint density at radius 1 is 1.25 bits per heavy atom. The highest BCUT2D eigenvalue weighted by molar-refractivity contribution is 6.31. The van der Waals surface area contributed by atoms with Crippen LogP contribution in [0.3, 0.4) is 0 Å². The Bertz CT molecular complexity index is 543. The van der Waals surface area contributed by atoms with E-state index in [0.717, 1.165) is 18.0 Å². The van der Waals surface area contributed by atoms with Crippen molar-refractivity contribution < 1.29 is 19.2 Å². The van der Waals surface area contributed by atoms with Crippen molar-refractivity contribution in [3.05, 3.63) is 29.3 Å². The molecule has 0 unspecified atom stereocenters. The summed E-state index contributed by atoms with van der Waals surface area (Å²) in [7, 11) is 0. The van der Waals surface area contributed by atoms with Gasteiger partial charge >= 0.3 is 0 Å². The topological polar surface area (TPSA) is 51.1 Å². The van der Waals surface area contributed by atoms with Crippen LogP contribution in [0.15, 0.2) is 24.3 Å². The molecule has 106 valence electrons. The van der Waals surface area contributed by atoms with Crippen LogP contribution in [-0.2, 0) is 14.3 Å². The lowest BCUT2D eigenvalue weighted by atomic mass is 10.2. The van der Waals surface area contributed by atoms with Crippen molar-refractivity contribution >= 4 is 29.1 Å². The largest absolute Gasteiger partial charge is 0.370 e. The van der Waals surface area contributed by atoms with Crippen molar-refractivity contribution in [1.82, 2.24) is 0 Å². The molecule has 2 heterocycles. The molecular formula is C14H16ClN2O3+. The van der Waals surface area contributed by atoms with Gasteiger partial charge in [0.05, 0.1) is 25.3 Å². The van der Waals surface area contributed by atoms with E-state index in [2.05, 4.69) is 0 Å². The fourth-order valence-electron chi connectivity index (χ4n) is 2.82. The lowest BCUT2D eigenvalue weighted by molar-refractivity contribution is -0.922. The number of nitrogens with one attached hydrogen (secondary N) is 1. The highest BCUT2D eigenvalue weighted by Gasteiger charge is 2.46. The Morgan fingerprint density at radius 2 is 2.00 bits per heavy atom. The van der Waals surface area contributed by atoms with E-state index in [4.69, 9.17) is 16.3 Å². The normalized spacial score (nSPS) is 24.4. The van der Waals surface area contributed by atoms with Gasteiger partial charge in [-0.15, -0.1) is 0 Å². The fraction of sp³-hybridized carbons (Fsp3) is 0.429. The number of anilines is 1. The number of rotatable bonds is 2. The summed E-state index contributed by atoms with van der Waals surface area (Å²) in [5, 5.41) is 0.519. The minimum Gasteiger partial charge on any atom is -0.370 e. The summed E-state index contributed by atoms with van der Waals surface area (Å²) in [6.45, 7) is 2.83. The summed E-state index contributed by atoms with van der Waals surface area (Å²) >= 11 is 5.93. The van der Waals surface area contributed by atoms with Crippen molar-refractivity contribution in [2.45, 2.75) is 12.5 Å². The maximum absolute atomic E-state index is 12.5. The molecule has 20 heavy (non-hydrogen) atoms. The average Bonchev–Trinajstić information content (AvgIpc) is 2.75. The van der Waals surface area contributed by atoms with Crippen LogP contribution in [0.1, 0.15) is 6.42 Å². The highest BCUT2D eigenvalue weighted by atomic mass is 35.5. The molecular weight excluding hydrogens is 280 g/mol. The molecule has 0 spiro atoms. The number of quaternary nitrogens is 1. The second-order valence-electron chi connectivity index (χ2n) is 5.07. The van der Waals surface area contributed by atoms with Crippen LogP contribution in [0.4, 0.5) is 5.69 Å². The first-order valence-corrected chi connectivity index (χ1v) is 7.09. The minimum atomic E-state index is -0.287. The molecule has 1 atom stereocenters. The number of ether oxygens (including phenoxy) is 1. The van der Waals surface area contributed by atoms with E-state index >= 15 is 0 Å². The summed E-state index contributed by atoms with van der Waals surface area (Å²) in [6.07, 6.45) is 0.265. The molecule has 0 aliphatic carbocycles. The molecule has 2 saturated heterocycles. The van der Waals surface area contributed by atoms with E-state index in [-0.39, 0.29) is 24.3 Å². The first-order valence-electron chi connectivity index (χ1n) is 6.71. The maximum Gasteiger partial charge on any atom is 0.292 e. The number of imide groups is 1. The zero-order valence-corrected chi connectivity index (χ0v) is 11.7. The fourth-order valence-corrected chi connectivity index (χ4v) is 3.00. The number of morpholine rings is 1. The monoisotopic (exact) mass is 295 g/mol. The van der Waals surface area contributed by atoms with Crippen LogP contribution in [0.2, 0.25) is 5.02 Å². The lowest BCUT2D eigenvalue weighted by Crippen LogP contribution is -3.18. The number of benzene rings is 1. The van der Waals surface area contributed by atoms with Gasteiger partial charge in [-0.05, 0) is 18.2 Å². The molecule has 0 aromatic heterocycles. The number of nitrogens with zero attached hydrogens (tertiary/aromatic N) is 1.